The molecule has 0 radical (unpaired) electrons. The van der Waals surface area contributed by atoms with E-state index in [1.165, 1.54) is 12.1 Å². The number of hydrogen-bond donors (Lipinski definition) is 4. The van der Waals surface area contributed by atoms with Crippen LogP contribution in [-0.2, 0) is 21.5 Å². The zero-order chi connectivity index (χ0) is 25.5. The Morgan fingerprint density at radius 1 is 0.833 bits per heavy atom. The van der Waals surface area contributed by atoms with E-state index in [9.17, 15) is 34.8 Å². The van der Waals surface area contributed by atoms with Gasteiger partial charge in [-0.3, -0.25) is 4.79 Å². The van der Waals surface area contributed by atoms with Gasteiger partial charge in [0, 0.05) is 27.5 Å². The van der Waals surface area contributed by atoms with Crippen LogP contribution in [0.1, 0.15) is 65.3 Å². The fraction of sp³-hybridized carbons (Fsp3) is 0.269. The lowest BCUT2D eigenvalue weighted by Crippen LogP contribution is -2.61. The highest BCUT2D eigenvalue weighted by Gasteiger charge is 2.70. The topological polar surface area (TPSA) is 160 Å². The van der Waals surface area contributed by atoms with Gasteiger partial charge in [-0.05, 0) is 37.1 Å². The van der Waals surface area contributed by atoms with Crippen molar-refractivity contribution >= 4 is 28.5 Å². The second kappa shape index (κ2) is 6.08. The number of hydrogen-bond acceptors (Lipinski definition) is 10. The summed E-state index contributed by atoms with van der Waals surface area (Å²) in [6.45, 7) is 2.46. The van der Waals surface area contributed by atoms with Crippen LogP contribution in [0.4, 0.5) is 0 Å². The van der Waals surface area contributed by atoms with Gasteiger partial charge >= 0.3 is 11.9 Å². The molecule has 36 heavy (non-hydrogen) atoms. The Labute approximate surface area is 202 Å². The summed E-state index contributed by atoms with van der Waals surface area (Å²) in [5.74, 6) is -5.63. The smallest absolute Gasteiger partial charge is 0.342 e. The van der Waals surface area contributed by atoms with E-state index in [1.807, 2.05) is 0 Å². The summed E-state index contributed by atoms with van der Waals surface area (Å²) < 4.78 is 16.8. The minimum absolute atomic E-state index is 0.00672. The van der Waals surface area contributed by atoms with E-state index in [1.54, 1.807) is 13.8 Å². The van der Waals surface area contributed by atoms with Gasteiger partial charge in [0.1, 0.15) is 52.8 Å². The standard InChI is InChI=1S/C26H18O10/c1-8-3-12(28)18-19-14(8)13(29)5-26(33)25(19,7-35-24(18)32)20-21(30)10-6-34-23(31)17-11(27)4-9(2)15(16(10)17)22(20)36-26/h3-4,27-28,30,33H,5-7H2,1-2H3. The van der Waals surface area contributed by atoms with Crippen molar-refractivity contribution in [3.8, 4) is 23.0 Å². The number of ketones is 1. The number of phenolic OH excluding ortho intramolecular Hbond substituents is 3. The lowest BCUT2D eigenvalue weighted by atomic mass is 9.59. The van der Waals surface area contributed by atoms with Gasteiger partial charge in [-0.15, -0.1) is 0 Å². The predicted octanol–water partition coefficient (Wildman–Crippen LogP) is 2.37. The van der Waals surface area contributed by atoms with Gasteiger partial charge in [0.15, 0.2) is 5.78 Å². The Balaban J connectivity index is 1.72. The number of aliphatic hydroxyl groups is 1. The molecular formula is C26H18O10. The van der Waals surface area contributed by atoms with E-state index >= 15 is 0 Å². The largest absolute Gasteiger partial charge is 0.507 e. The number of aryl methyl sites for hydroxylation is 2. The molecule has 3 aliphatic heterocycles. The minimum Gasteiger partial charge on any atom is -0.507 e. The third-order valence-corrected chi connectivity index (χ3v) is 7.93. The van der Waals surface area contributed by atoms with Gasteiger partial charge in [-0.25, -0.2) is 9.59 Å². The SMILES string of the molecule is Cc1cc(O)c2c3c1C(=O)CC1(O)Oc4c(c(O)c5c6c(c(O)cc(C)c46)C(=O)OC5)C31COC2=O. The summed E-state index contributed by atoms with van der Waals surface area (Å²) in [5.41, 5.74) is -0.942. The molecule has 2 unspecified atom stereocenters. The molecule has 0 aromatic heterocycles. The van der Waals surface area contributed by atoms with Crippen LogP contribution in [0.25, 0.3) is 10.8 Å². The fourth-order valence-electron chi connectivity index (χ4n) is 6.51. The van der Waals surface area contributed by atoms with Crippen molar-refractivity contribution in [3.05, 3.63) is 56.6 Å². The Hall–Kier alpha value is -4.31. The van der Waals surface area contributed by atoms with Crippen LogP contribution in [0.2, 0.25) is 0 Å². The molecule has 0 fully saturated rings. The molecule has 7 rings (SSSR count). The Morgan fingerprint density at radius 3 is 2.25 bits per heavy atom. The molecule has 0 saturated carbocycles. The van der Waals surface area contributed by atoms with Crippen LogP contribution in [0.5, 0.6) is 23.0 Å². The van der Waals surface area contributed by atoms with Gasteiger partial charge in [-0.2, -0.15) is 0 Å². The Morgan fingerprint density at radius 2 is 1.50 bits per heavy atom. The van der Waals surface area contributed by atoms with Crippen molar-refractivity contribution in [1.29, 1.82) is 0 Å². The normalized spacial score (nSPS) is 25.0. The maximum absolute atomic E-state index is 13.3. The maximum Gasteiger partial charge on any atom is 0.342 e. The van der Waals surface area contributed by atoms with Crippen molar-refractivity contribution < 1.29 is 49.0 Å². The van der Waals surface area contributed by atoms with Crippen molar-refractivity contribution in [2.24, 2.45) is 0 Å². The van der Waals surface area contributed by atoms with Crippen LogP contribution < -0.4 is 4.74 Å². The molecule has 0 saturated heterocycles. The van der Waals surface area contributed by atoms with Gasteiger partial charge < -0.3 is 34.6 Å². The molecule has 4 N–H and O–H groups in total. The highest BCUT2D eigenvalue weighted by molar-refractivity contribution is 6.15. The average molecular weight is 490 g/mol. The number of rotatable bonds is 0. The van der Waals surface area contributed by atoms with E-state index in [0.29, 0.717) is 16.5 Å². The van der Waals surface area contributed by atoms with Crippen LogP contribution >= 0.6 is 0 Å². The fourth-order valence-corrected chi connectivity index (χ4v) is 6.51. The minimum atomic E-state index is -2.29. The van der Waals surface area contributed by atoms with Gasteiger partial charge in [0.25, 0.3) is 0 Å². The Bertz CT molecular complexity index is 1650. The van der Waals surface area contributed by atoms with E-state index in [-0.39, 0.29) is 56.9 Å². The summed E-state index contributed by atoms with van der Waals surface area (Å²) in [6.07, 6.45) is -0.521. The molecule has 0 amide bonds. The number of ether oxygens (including phenoxy) is 3. The van der Waals surface area contributed by atoms with Crippen LogP contribution in [0, 0.1) is 13.8 Å². The average Bonchev–Trinajstić information content (AvgIpc) is 3.04. The summed E-state index contributed by atoms with van der Waals surface area (Å²) in [5, 5.41) is 45.4. The molecule has 1 spiro atoms. The van der Waals surface area contributed by atoms with Crippen molar-refractivity contribution in [3.63, 3.8) is 0 Å². The molecule has 4 aliphatic rings. The van der Waals surface area contributed by atoms with Crippen LogP contribution in [0.15, 0.2) is 12.1 Å². The molecule has 3 heterocycles. The maximum atomic E-state index is 13.3. The summed E-state index contributed by atoms with van der Waals surface area (Å²) >= 11 is 0. The molecule has 2 atom stereocenters. The number of Topliss-reactive ketones (excluding diaryl/α,β-unsaturated/α-hetero) is 1. The van der Waals surface area contributed by atoms with Gasteiger partial charge in [0.2, 0.25) is 5.79 Å². The lowest BCUT2D eigenvalue weighted by molar-refractivity contribution is -0.173. The molecule has 10 heteroatoms. The molecule has 3 aromatic carbocycles. The summed E-state index contributed by atoms with van der Waals surface area (Å²) in [6, 6.07) is 2.63. The molecule has 1 aliphatic carbocycles. The van der Waals surface area contributed by atoms with E-state index in [0.717, 1.165) is 0 Å². The van der Waals surface area contributed by atoms with E-state index in [2.05, 4.69) is 0 Å². The number of benzene rings is 3. The zero-order valence-electron chi connectivity index (χ0n) is 19.0. The highest BCUT2D eigenvalue weighted by Crippen LogP contribution is 2.65. The number of aromatic hydroxyl groups is 3. The summed E-state index contributed by atoms with van der Waals surface area (Å²) in [4.78, 5) is 38.7. The molecular weight excluding hydrogens is 472 g/mol. The quantitative estimate of drug-likeness (QED) is 0.345. The Kier molecular flexibility index (Phi) is 3.55. The van der Waals surface area contributed by atoms with Crippen LogP contribution in [0.3, 0.4) is 0 Å². The lowest BCUT2D eigenvalue weighted by Gasteiger charge is -2.47. The van der Waals surface area contributed by atoms with Crippen LogP contribution in [-0.4, -0.2) is 50.5 Å². The third kappa shape index (κ3) is 2.03. The number of carbonyl (C=O) groups excluding carboxylic acids is 3. The predicted molar refractivity (Wildman–Crippen MR) is 120 cm³/mol. The first-order valence-electron chi connectivity index (χ1n) is 11.2. The molecule has 3 aromatic rings. The van der Waals surface area contributed by atoms with Crippen molar-refractivity contribution in [2.75, 3.05) is 6.61 Å². The second-order valence-electron chi connectivity index (χ2n) is 9.75. The van der Waals surface area contributed by atoms with Crippen molar-refractivity contribution in [1.82, 2.24) is 0 Å². The molecule has 182 valence electrons. The van der Waals surface area contributed by atoms with Gasteiger partial charge in [-0.1, -0.05) is 0 Å². The zero-order valence-corrected chi connectivity index (χ0v) is 19.0. The van der Waals surface area contributed by atoms with Gasteiger partial charge in [0.05, 0.1) is 12.0 Å². The first-order chi connectivity index (χ1) is 17.0. The van der Waals surface area contributed by atoms with Crippen molar-refractivity contribution in [2.45, 2.75) is 38.1 Å². The van der Waals surface area contributed by atoms with E-state index < -0.39 is 53.5 Å². The first-order valence-corrected chi connectivity index (χ1v) is 11.2. The molecule has 0 bridgehead atoms. The number of cyclic esters (lactones) is 2. The first kappa shape index (κ1) is 21.0. The highest BCUT2D eigenvalue weighted by atomic mass is 16.6. The number of esters is 2. The molecule has 10 nitrogen and oxygen atoms in total. The monoisotopic (exact) mass is 490 g/mol. The second-order valence-corrected chi connectivity index (χ2v) is 9.75. The number of fused-ring (bicyclic) bond motifs is 2. The number of carbonyl (C=O) groups is 3. The van der Waals surface area contributed by atoms with E-state index in [4.69, 9.17) is 14.2 Å². The summed E-state index contributed by atoms with van der Waals surface area (Å²) in [7, 11) is 0. The number of phenols is 3. The third-order valence-electron chi connectivity index (χ3n) is 7.93.